The molecule has 1 rings (SSSR count). The van der Waals surface area contributed by atoms with Gasteiger partial charge in [-0.3, -0.25) is 0 Å². The Balaban J connectivity index is 2.96. The predicted molar refractivity (Wildman–Crippen MR) is 60.4 cm³/mol. The molecule has 16 heavy (non-hydrogen) atoms. The van der Waals surface area contributed by atoms with Crippen molar-refractivity contribution in [3.05, 3.63) is 23.8 Å². The van der Waals surface area contributed by atoms with Crippen LogP contribution in [0.5, 0.6) is 11.5 Å². The van der Waals surface area contributed by atoms with Crippen LogP contribution in [0.15, 0.2) is 18.2 Å². The summed E-state index contributed by atoms with van der Waals surface area (Å²) in [4.78, 5) is 0. The molecule has 0 spiro atoms. The maximum atomic E-state index is 12.0. The van der Waals surface area contributed by atoms with Crippen LogP contribution in [0.3, 0.4) is 0 Å². The van der Waals surface area contributed by atoms with Gasteiger partial charge in [-0.2, -0.15) is 0 Å². The monoisotopic (exact) mass is 223 g/mol. The molecule has 3 nitrogen and oxygen atoms in total. The molecule has 4 heteroatoms. The Morgan fingerprint density at radius 1 is 1.44 bits per heavy atom. The molecule has 0 aromatic heterocycles. The highest BCUT2D eigenvalue weighted by Gasteiger charge is 2.03. The van der Waals surface area contributed by atoms with E-state index in [-0.39, 0.29) is 13.2 Å². The molecule has 0 aliphatic rings. The van der Waals surface area contributed by atoms with Gasteiger partial charge in [-0.05, 0) is 18.2 Å². The van der Waals surface area contributed by atoms with Gasteiger partial charge in [0.15, 0.2) is 0 Å². The highest BCUT2D eigenvalue weighted by molar-refractivity contribution is 5.50. The molecule has 0 radical (unpaired) electrons. The fourth-order valence-electron chi connectivity index (χ4n) is 1.15. The molecular weight excluding hydrogens is 209 g/mol. The predicted octanol–water partition coefficient (Wildman–Crippen LogP) is 1.35. The normalized spacial score (nSPS) is 9.19. The van der Waals surface area contributed by atoms with Crippen molar-refractivity contribution in [2.24, 2.45) is 5.73 Å². The molecule has 0 amide bonds. The first-order valence-corrected chi connectivity index (χ1v) is 4.87. The summed E-state index contributed by atoms with van der Waals surface area (Å²) >= 11 is 0. The van der Waals surface area contributed by atoms with E-state index in [4.69, 9.17) is 15.2 Å². The van der Waals surface area contributed by atoms with Gasteiger partial charge in [-0.15, -0.1) is 0 Å². The number of rotatable bonds is 4. The number of halogens is 1. The van der Waals surface area contributed by atoms with Gasteiger partial charge in [0.25, 0.3) is 0 Å². The van der Waals surface area contributed by atoms with Gasteiger partial charge in [-0.25, -0.2) is 4.39 Å². The molecule has 86 valence electrons. The van der Waals surface area contributed by atoms with E-state index in [0.29, 0.717) is 17.1 Å². The molecule has 0 atom stereocenters. The van der Waals surface area contributed by atoms with Gasteiger partial charge >= 0.3 is 0 Å². The lowest BCUT2D eigenvalue weighted by Gasteiger charge is -2.08. The summed E-state index contributed by atoms with van der Waals surface area (Å²) < 4.78 is 22.3. The maximum absolute atomic E-state index is 12.0. The van der Waals surface area contributed by atoms with Crippen molar-refractivity contribution in [1.29, 1.82) is 0 Å². The van der Waals surface area contributed by atoms with Crippen molar-refractivity contribution < 1.29 is 13.9 Å². The van der Waals surface area contributed by atoms with Gasteiger partial charge in [0.2, 0.25) is 0 Å². The summed E-state index contributed by atoms with van der Waals surface area (Å²) in [6.45, 7) is -0.251. The van der Waals surface area contributed by atoms with Crippen molar-refractivity contribution in [3.8, 4) is 23.3 Å². The van der Waals surface area contributed by atoms with E-state index in [1.165, 1.54) is 0 Å². The molecule has 0 fully saturated rings. The Kier molecular flexibility index (Phi) is 5.17. The summed E-state index contributed by atoms with van der Waals surface area (Å²) in [6, 6.07) is 5.17. The SMILES string of the molecule is COc1ccc(OCCF)c(C#CCN)c1. The van der Waals surface area contributed by atoms with Gasteiger partial charge in [-0.1, -0.05) is 11.8 Å². The standard InChI is InChI=1S/C12H14FNO2/c1-15-11-4-5-12(16-8-6-13)10(9-11)3-2-7-14/h4-5,9H,6-8,14H2,1H3. The second kappa shape index (κ2) is 6.70. The lowest BCUT2D eigenvalue weighted by atomic mass is 10.2. The molecule has 2 N–H and O–H groups in total. The van der Waals surface area contributed by atoms with E-state index in [0.717, 1.165) is 0 Å². The Labute approximate surface area is 94.4 Å². The summed E-state index contributed by atoms with van der Waals surface area (Å²) in [7, 11) is 1.57. The van der Waals surface area contributed by atoms with Crippen LogP contribution in [0.1, 0.15) is 5.56 Å². The maximum Gasteiger partial charge on any atom is 0.135 e. The van der Waals surface area contributed by atoms with Crippen LogP contribution in [0.2, 0.25) is 0 Å². The molecule has 1 aromatic rings. The summed E-state index contributed by atoms with van der Waals surface area (Å²) in [6.07, 6.45) is 0. The van der Waals surface area contributed by atoms with Crippen LogP contribution in [0, 0.1) is 11.8 Å². The van der Waals surface area contributed by atoms with Crippen molar-refractivity contribution in [1.82, 2.24) is 0 Å². The molecule has 0 unspecified atom stereocenters. The molecule has 0 heterocycles. The van der Waals surface area contributed by atoms with Gasteiger partial charge < -0.3 is 15.2 Å². The number of hydrogen-bond acceptors (Lipinski definition) is 3. The third-order valence-electron chi connectivity index (χ3n) is 1.85. The highest BCUT2D eigenvalue weighted by Crippen LogP contribution is 2.23. The zero-order chi connectivity index (χ0) is 11.8. The van der Waals surface area contributed by atoms with Crippen LogP contribution in [-0.2, 0) is 0 Å². The molecule has 0 saturated heterocycles. The smallest absolute Gasteiger partial charge is 0.135 e. The van der Waals surface area contributed by atoms with Crippen LogP contribution >= 0.6 is 0 Å². The van der Waals surface area contributed by atoms with Crippen LogP contribution < -0.4 is 15.2 Å². The van der Waals surface area contributed by atoms with E-state index in [2.05, 4.69) is 11.8 Å². The first-order chi connectivity index (χ1) is 7.81. The first kappa shape index (κ1) is 12.3. The average Bonchev–Trinajstić information content (AvgIpc) is 2.34. The summed E-state index contributed by atoms with van der Waals surface area (Å²) in [5, 5.41) is 0. The lowest BCUT2D eigenvalue weighted by molar-refractivity contribution is 0.272. The first-order valence-electron chi connectivity index (χ1n) is 4.87. The van der Waals surface area contributed by atoms with E-state index in [1.807, 2.05) is 0 Å². The summed E-state index contributed by atoms with van der Waals surface area (Å²) in [5.41, 5.74) is 5.94. The Bertz CT molecular complexity index is 396. The zero-order valence-corrected chi connectivity index (χ0v) is 9.13. The lowest BCUT2D eigenvalue weighted by Crippen LogP contribution is -2.01. The van der Waals surface area contributed by atoms with E-state index in [9.17, 15) is 4.39 Å². The third-order valence-corrected chi connectivity index (χ3v) is 1.85. The number of nitrogens with two attached hydrogens (primary N) is 1. The Morgan fingerprint density at radius 3 is 2.88 bits per heavy atom. The van der Waals surface area contributed by atoms with Gasteiger partial charge in [0.05, 0.1) is 19.2 Å². The molecule has 0 aliphatic heterocycles. The Morgan fingerprint density at radius 2 is 2.25 bits per heavy atom. The fraction of sp³-hybridized carbons (Fsp3) is 0.333. The molecule has 0 bridgehead atoms. The van der Waals surface area contributed by atoms with E-state index in [1.54, 1.807) is 25.3 Å². The average molecular weight is 223 g/mol. The second-order valence-corrected chi connectivity index (χ2v) is 2.91. The number of methoxy groups -OCH3 is 1. The highest BCUT2D eigenvalue weighted by atomic mass is 19.1. The topological polar surface area (TPSA) is 44.5 Å². The number of hydrogen-bond donors (Lipinski definition) is 1. The van der Waals surface area contributed by atoms with Crippen LogP contribution in [-0.4, -0.2) is 26.9 Å². The van der Waals surface area contributed by atoms with Crippen LogP contribution in [0.4, 0.5) is 4.39 Å². The number of ether oxygens (including phenoxy) is 2. The minimum Gasteiger partial charge on any atom is -0.497 e. The number of alkyl halides is 1. The quantitative estimate of drug-likeness (QED) is 0.784. The fourth-order valence-corrected chi connectivity index (χ4v) is 1.15. The molecular formula is C12H14FNO2. The molecule has 0 aliphatic carbocycles. The summed E-state index contributed by atoms with van der Waals surface area (Å²) in [5.74, 6) is 6.79. The third kappa shape index (κ3) is 3.44. The molecule has 1 aromatic carbocycles. The van der Waals surface area contributed by atoms with Crippen molar-refractivity contribution in [3.63, 3.8) is 0 Å². The Hall–Kier alpha value is -1.73. The minimum absolute atomic E-state index is 0.0175. The van der Waals surface area contributed by atoms with E-state index >= 15 is 0 Å². The van der Waals surface area contributed by atoms with Crippen molar-refractivity contribution >= 4 is 0 Å². The largest absolute Gasteiger partial charge is 0.497 e. The second-order valence-electron chi connectivity index (χ2n) is 2.91. The van der Waals surface area contributed by atoms with Gasteiger partial charge in [0.1, 0.15) is 24.8 Å². The minimum atomic E-state index is -0.532. The number of benzene rings is 1. The van der Waals surface area contributed by atoms with Gasteiger partial charge in [0, 0.05) is 0 Å². The molecule has 0 saturated carbocycles. The van der Waals surface area contributed by atoms with Crippen LogP contribution in [0.25, 0.3) is 0 Å². The zero-order valence-electron chi connectivity index (χ0n) is 9.13. The van der Waals surface area contributed by atoms with Crippen molar-refractivity contribution in [2.75, 3.05) is 26.9 Å². The van der Waals surface area contributed by atoms with Crippen molar-refractivity contribution in [2.45, 2.75) is 0 Å². The van der Waals surface area contributed by atoms with E-state index < -0.39 is 6.67 Å².